The zero-order valence-electron chi connectivity index (χ0n) is 17.0. The molecular formula is C20H16Cl2N6O5. The Labute approximate surface area is 196 Å². The third-order valence-corrected chi connectivity index (χ3v) is 5.42. The lowest BCUT2D eigenvalue weighted by Crippen LogP contribution is -2.36. The molecule has 4 rings (SSSR count). The summed E-state index contributed by atoms with van der Waals surface area (Å²) < 4.78 is 18.1. The van der Waals surface area contributed by atoms with Gasteiger partial charge in [-0.15, -0.1) is 0 Å². The number of hydrogen-bond acceptors (Lipinski definition) is 8. The molecule has 3 heterocycles. The van der Waals surface area contributed by atoms with E-state index in [-0.39, 0.29) is 17.4 Å². The molecule has 170 valence electrons. The van der Waals surface area contributed by atoms with Gasteiger partial charge in [-0.2, -0.15) is 5.10 Å². The summed E-state index contributed by atoms with van der Waals surface area (Å²) in [6.45, 7) is 0.944. The SMILES string of the molecule is CC(=O)O[C@@H]1[C@H](N=[N+]=[N-])[C@@H](COC(=O)c2ccccc2)O[C@H]1n1ncc2c(Cl)cc(Cl)nc21. The summed E-state index contributed by atoms with van der Waals surface area (Å²) in [6, 6.07) is 8.81. The summed E-state index contributed by atoms with van der Waals surface area (Å²) in [4.78, 5) is 31.3. The zero-order chi connectivity index (χ0) is 23.5. The van der Waals surface area contributed by atoms with Crippen molar-refractivity contribution in [2.24, 2.45) is 5.11 Å². The molecule has 1 aliphatic rings. The van der Waals surface area contributed by atoms with Crippen LogP contribution in [0.1, 0.15) is 23.5 Å². The number of rotatable bonds is 6. The molecule has 0 radical (unpaired) electrons. The summed E-state index contributed by atoms with van der Waals surface area (Å²) in [5.74, 6) is -1.22. The number of nitrogens with zero attached hydrogens (tertiary/aromatic N) is 6. The third-order valence-electron chi connectivity index (χ3n) is 4.91. The van der Waals surface area contributed by atoms with Gasteiger partial charge in [0.1, 0.15) is 23.9 Å². The number of fused-ring (bicyclic) bond motifs is 1. The van der Waals surface area contributed by atoms with Gasteiger partial charge in [-0.1, -0.05) is 46.5 Å². The highest BCUT2D eigenvalue weighted by Crippen LogP contribution is 2.37. The molecule has 13 heteroatoms. The number of carbonyl (C=O) groups excluding carboxylic acids is 2. The number of azide groups is 1. The highest BCUT2D eigenvalue weighted by molar-refractivity contribution is 6.37. The van der Waals surface area contributed by atoms with Crippen LogP contribution in [0.3, 0.4) is 0 Å². The van der Waals surface area contributed by atoms with Gasteiger partial charge in [-0.05, 0) is 23.7 Å². The lowest BCUT2D eigenvalue weighted by Gasteiger charge is -2.21. The number of esters is 2. The molecule has 2 aromatic heterocycles. The van der Waals surface area contributed by atoms with Crippen LogP contribution in [0.25, 0.3) is 21.5 Å². The molecule has 11 nitrogen and oxygen atoms in total. The van der Waals surface area contributed by atoms with Crippen molar-refractivity contribution in [3.63, 3.8) is 0 Å². The summed E-state index contributed by atoms with van der Waals surface area (Å²) >= 11 is 12.3. The molecule has 0 spiro atoms. The van der Waals surface area contributed by atoms with Crippen LogP contribution in [-0.4, -0.2) is 51.6 Å². The van der Waals surface area contributed by atoms with Crippen molar-refractivity contribution in [1.82, 2.24) is 14.8 Å². The predicted molar refractivity (Wildman–Crippen MR) is 117 cm³/mol. The number of ether oxygens (including phenoxy) is 3. The van der Waals surface area contributed by atoms with Crippen molar-refractivity contribution in [3.05, 3.63) is 68.8 Å². The van der Waals surface area contributed by atoms with Gasteiger partial charge in [-0.25, -0.2) is 14.5 Å². The van der Waals surface area contributed by atoms with Crippen LogP contribution in [0.5, 0.6) is 0 Å². The van der Waals surface area contributed by atoms with Gasteiger partial charge in [0.05, 0.1) is 22.2 Å². The smallest absolute Gasteiger partial charge is 0.338 e. The van der Waals surface area contributed by atoms with Gasteiger partial charge in [-0.3, -0.25) is 4.79 Å². The Morgan fingerprint density at radius 3 is 2.76 bits per heavy atom. The Bertz CT molecular complexity index is 1250. The third kappa shape index (κ3) is 4.71. The maximum absolute atomic E-state index is 12.4. The average Bonchev–Trinajstić information content (AvgIpc) is 3.34. The van der Waals surface area contributed by atoms with Crippen LogP contribution in [0.4, 0.5) is 0 Å². The van der Waals surface area contributed by atoms with Crippen molar-refractivity contribution in [1.29, 1.82) is 0 Å². The van der Waals surface area contributed by atoms with Crippen molar-refractivity contribution in [2.45, 2.75) is 31.4 Å². The van der Waals surface area contributed by atoms with Crippen LogP contribution in [0.15, 0.2) is 47.7 Å². The second-order valence-electron chi connectivity index (χ2n) is 7.05. The first-order valence-corrected chi connectivity index (χ1v) is 10.4. The summed E-state index contributed by atoms with van der Waals surface area (Å²) in [5.41, 5.74) is 9.72. The van der Waals surface area contributed by atoms with Crippen LogP contribution in [-0.2, 0) is 19.0 Å². The van der Waals surface area contributed by atoms with Crippen molar-refractivity contribution in [2.75, 3.05) is 6.61 Å². The van der Waals surface area contributed by atoms with E-state index in [1.165, 1.54) is 23.9 Å². The molecule has 1 saturated heterocycles. The van der Waals surface area contributed by atoms with E-state index in [0.717, 1.165) is 0 Å². The fourth-order valence-corrected chi connectivity index (χ4v) is 4.01. The number of benzene rings is 1. The molecular weight excluding hydrogens is 475 g/mol. The number of halogens is 2. The van der Waals surface area contributed by atoms with E-state index >= 15 is 0 Å². The van der Waals surface area contributed by atoms with Crippen molar-refractivity contribution >= 4 is 46.2 Å². The van der Waals surface area contributed by atoms with E-state index in [1.807, 2.05) is 0 Å². The first-order chi connectivity index (χ1) is 15.9. The van der Waals surface area contributed by atoms with E-state index in [4.69, 9.17) is 42.9 Å². The number of carbonyl (C=O) groups is 2. The van der Waals surface area contributed by atoms with Gasteiger partial charge in [0.15, 0.2) is 18.0 Å². The number of pyridine rings is 1. The predicted octanol–water partition coefficient (Wildman–Crippen LogP) is 4.10. The molecule has 1 fully saturated rings. The van der Waals surface area contributed by atoms with E-state index in [0.29, 0.717) is 16.0 Å². The fraction of sp³-hybridized carbons (Fsp3) is 0.300. The standard InChI is InChI=1S/C20H16Cl2N6O5/c1-10(29)32-17-16(26-27-23)14(9-31-20(30)11-5-3-2-4-6-11)33-19(17)28-18-12(8-24-28)13(21)7-15(22)25-18/h2-8,14,16-17,19H,9H2,1H3/t14-,16-,17-,19-/m1/s1. The second kappa shape index (κ2) is 9.63. The van der Waals surface area contributed by atoms with Gasteiger partial charge in [0, 0.05) is 11.8 Å². The minimum atomic E-state index is -1.08. The Morgan fingerprint density at radius 2 is 2.06 bits per heavy atom. The normalized spacial score (nSPS) is 22.0. The lowest BCUT2D eigenvalue weighted by molar-refractivity contribution is -0.153. The van der Waals surface area contributed by atoms with Crippen molar-refractivity contribution in [3.8, 4) is 0 Å². The highest BCUT2D eigenvalue weighted by atomic mass is 35.5. The lowest BCUT2D eigenvalue weighted by atomic mass is 10.1. The first-order valence-electron chi connectivity index (χ1n) is 9.67. The topological polar surface area (TPSA) is 141 Å². The van der Waals surface area contributed by atoms with Crippen LogP contribution in [0.2, 0.25) is 10.2 Å². The largest absolute Gasteiger partial charge is 0.459 e. The van der Waals surface area contributed by atoms with Crippen molar-refractivity contribution < 1.29 is 23.8 Å². The van der Waals surface area contributed by atoms with Gasteiger partial charge in [0.25, 0.3) is 0 Å². The highest BCUT2D eigenvalue weighted by Gasteiger charge is 2.49. The number of aromatic nitrogens is 3. The summed E-state index contributed by atoms with van der Waals surface area (Å²) in [6.07, 6.45) is -1.61. The minimum Gasteiger partial charge on any atom is -0.459 e. The zero-order valence-corrected chi connectivity index (χ0v) is 18.6. The maximum atomic E-state index is 12.4. The molecule has 0 bridgehead atoms. The Morgan fingerprint density at radius 1 is 1.30 bits per heavy atom. The Hall–Kier alpha value is -3.37. The quantitative estimate of drug-likeness (QED) is 0.166. The molecule has 0 unspecified atom stereocenters. The summed E-state index contributed by atoms with van der Waals surface area (Å²) in [7, 11) is 0. The van der Waals surface area contributed by atoms with E-state index < -0.39 is 36.4 Å². The van der Waals surface area contributed by atoms with E-state index in [1.54, 1.807) is 30.3 Å². The first kappa shape index (κ1) is 22.8. The van der Waals surface area contributed by atoms with E-state index in [2.05, 4.69) is 20.1 Å². The molecule has 0 amide bonds. The molecule has 0 N–H and O–H groups in total. The molecule has 4 atom stereocenters. The van der Waals surface area contributed by atoms with E-state index in [9.17, 15) is 9.59 Å². The molecule has 33 heavy (non-hydrogen) atoms. The van der Waals surface area contributed by atoms with Gasteiger partial charge in [0.2, 0.25) is 0 Å². The van der Waals surface area contributed by atoms with Crippen LogP contribution < -0.4 is 0 Å². The van der Waals surface area contributed by atoms with Gasteiger partial charge >= 0.3 is 11.9 Å². The Balaban J connectivity index is 1.66. The van der Waals surface area contributed by atoms with Crippen LogP contribution >= 0.6 is 23.2 Å². The van der Waals surface area contributed by atoms with Gasteiger partial charge < -0.3 is 14.2 Å². The fourth-order valence-electron chi connectivity index (χ4n) is 3.52. The molecule has 1 aliphatic heterocycles. The Kier molecular flexibility index (Phi) is 6.66. The maximum Gasteiger partial charge on any atom is 0.338 e. The van der Waals surface area contributed by atoms with Crippen LogP contribution in [0, 0.1) is 0 Å². The monoisotopic (exact) mass is 490 g/mol. The molecule has 3 aromatic rings. The second-order valence-corrected chi connectivity index (χ2v) is 7.85. The molecule has 0 aliphatic carbocycles. The number of hydrogen-bond donors (Lipinski definition) is 0. The molecule has 1 aromatic carbocycles. The summed E-state index contributed by atoms with van der Waals surface area (Å²) in [5, 5.41) is 8.93. The molecule has 0 saturated carbocycles. The minimum absolute atomic E-state index is 0.122. The average molecular weight is 491 g/mol.